The highest BCUT2D eigenvalue weighted by molar-refractivity contribution is 5.49. The Morgan fingerprint density at radius 2 is 2.23 bits per heavy atom. The number of carbonyl (C=O) groups is 1. The number of nitrogens with zero attached hydrogens (tertiary/aromatic N) is 1. The number of amides is 1. The van der Waals surface area contributed by atoms with Crippen LogP contribution < -0.4 is 0 Å². The van der Waals surface area contributed by atoms with Crippen LogP contribution >= 0.6 is 0 Å². The van der Waals surface area contributed by atoms with Gasteiger partial charge in [-0.1, -0.05) is 0 Å². The van der Waals surface area contributed by atoms with Crippen LogP contribution in [0.4, 0.5) is 4.39 Å². The summed E-state index contributed by atoms with van der Waals surface area (Å²) in [5, 5.41) is 9.72. The lowest BCUT2D eigenvalue weighted by atomic mass is 10.0. The number of alkyl halides is 1. The maximum Gasteiger partial charge on any atom is 0.210 e. The first kappa shape index (κ1) is 8.94. The van der Waals surface area contributed by atoms with Crippen LogP contribution in [0.1, 0.15) is 12.8 Å². The number of hydrogen-bond acceptors (Lipinski definition) is 2. The Bertz CT molecular complexity index is 208. The van der Waals surface area contributed by atoms with Crippen LogP contribution in [0, 0.1) is 11.8 Å². The number of carbonyl (C=O) groups excluding carboxylic acids is 1. The van der Waals surface area contributed by atoms with Crippen molar-refractivity contribution < 1.29 is 14.3 Å². The molecule has 0 spiro atoms. The van der Waals surface area contributed by atoms with Crippen LogP contribution in [0.25, 0.3) is 0 Å². The summed E-state index contributed by atoms with van der Waals surface area (Å²) in [6.45, 7) is -0.156. The summed E-state index contributed by atoms with van der Waals surface area (Å²) in [6, 6.07) is -0.113. The van der Waals surface area contributed by atoms with Crippen LogP contribution in [-0.2, 0) is 4.79 Å². The Morgan fingerprint density at radius 1 is 1.54 bits per heavy atom. The molecule has 13 heavy (non-hydrogen) atoms. The topological polar surface area (TPSA) is 40.5 Å². The van der Waals surface area contributed by atoms with Gasteiger partial charge in [-0.2, -0.15) is 0 Å². The Hall–Kier alpha value is -0.640. The molecule has 1 aliphatic carbocycles. The fourth-order valence-electron chi connectivity index (χ4n) is 2.22. The monoisotopic (exact) mass is 187 g/mol. The van der Waals surface area contributed by atoms with Crippen LogP contribution in [0.5, 0.6) is 0 Å². The van der Waals surface area contributed by atoms with Gasteiger partial charge in [-0.3, -0.25) is 9.18 Å². The quantitative estimate of drug-likeness (QED) is 0.640. The predicted octanol–water partition coefficient (Wildman–Crippen LogP) is 0.184. The van der Waals surface area contributed by atoms with Gasteiger partial charge in [0.05, 0.1) is 18.8 Å². The molecule has 0 radical (unpaired) electrons. The summed E-state index contributed by atoms with van der Waals surface area (Å²) in [6.07, 6.45) is 2.21. The van der Waals surface area contributed by atoms with Gasteiger partial charge in [0.25, 0.3) is 0 Å². The minimum atomic E-state index is -0.650. The van der Waals surface area contributed by atoms with Crippen molar-refractivity contribution in [3.05, 3.63) is 0 Å². The lowest BCUT2D eigenvalue weighted by Gasteiger charge is -2.21. The van der Waals surface area contributed by atoms with Crippen molar-refractivity contribution in [2.24, 2.45) is 11.8 Å². The maximum absolute atomic E-state index is 12.4. The minimum absolute atomic E-state index is 0.113. The second-order valence-corrected chi connectivity index (χ2v) is 4.04. The highest BCUT2D eigenvalue weighted by Crippen LogP contribution is 2.41. The fraction of sp³-hybridized carbons (Fsp3) is 0.889. The number of likely N-dealkylation sites (tertiary alicyclic amines) is 1. The minimum Gasteiger partial charge on any atom is -0.391 e. The van der Waals surface area contributed by atoms with Crippen molar-refractivity contribution >= 4 is 6.41 Å². The number of hydrogen-bond donors (Lipinski definition) is 1. The van der Waals surface area contributed by atoms with E-state index in [2.05, 4.69) is 0 Å². The van der Waals surface area contributed by atoms with Gasteiger partial charge in [0.1, 0.15) is 0 Å². The molecule has 2 fully saturated rings. The summed E-state index contributed by atoms with van der Waals surface area (Å²) in [7, 11) is 0. The largest absolute Gasteiger partial charge is 0.391 e. The first-order chi connectivity index (χ1) is 6.27. The van der Waals surface area contributed by atoms with Crippen molar-refractivity contribution in [3.8, 4) is 0 Å². The van der Waals surface area contributed by atoms with E-state index < -0.39 is 12.8 Å². The number of halogens is 1. The molecule has 0 aromatic carbocycles. The molecule has 3 unspecified atom stereocenters. The van der Waals surface area contributed by atoms with Gasteiger partial charge in [-0.25, -0.2) is 0 Å². The molecule has 2 rings (SSSR count). The molecule has 3 nitrogen and oxygen atoms in total. The van der Waals surface area contributed by atoms with E-state index in [0.717, 1.165) is 19.3 Å². The summed E-state index contributed by atoms with van der Waals surface area (Å²) >= 11 is 0. The third kappa shape index (κ3) is 1.43. The van der Waals surface area contributed by atoms with E-state index in [1.165, 1.54) is 0 Å². The molecule has 2 aliphatic rings. The van der Waals surface area contributed by atoms with Gasteiger partial charge in [0.15, 0.2) is 0 Å². The molecule has 0 aromatic rings. The molecule has 1 aliphatic heterocycles. The molecule has 3 atom stereocenters. The second kappa shape index (κ2) is 3.25. The molecular formula is C9H14FNO2. The third-order valence-electron chi connectivity index (χ3n) is 3.10. The smallest absolute Gasteiger partial charge is 0.210 e. The van der Waals surface area contributed by atoms with E-state index in [4.69, 9.17) is 0 Å². The molecule has 1 N–H and O–H groups in total. The van der Waals surface area contributed by atoms with Crippen LogP contribution in [0.2, 0.25) is 0 Å². The van der Waals surface area contributed by atoms with Crippen molar-refractivity contribution in [2.45, 2.75) is 25.0 Å². The first-order valence-corrected chi connectivity index (χ1v) is 4.73. The van der Waals surface area contributed by atoms with Gasteiger partial charge >= 0.3 is 0 Å². The van der Waals surface area contributed by atoms with Gasteiger partial charge < -0.3 is 10.0 Å². The van der Waals surface area contributed by atoms with E-state index in [9.17, 15) is 14.3 Å². The van der Waals surface area contributed by atoms with E-state index >= 15 is 0 Å². The Kier molecular flexibility index (Phi) is 2.24. The lowest BCUT2D eigenvalue weighted by molar-refractivity contribution is -0.120. The highest BCUT2D eigenvalue weighted by atomic mass is 19.1. The highest BCUT2D eigenvalue weighted by Gasteiger charge is 2.47. The van der Waals surface area contributed by atoms with Gasteiger partial charge in [0, 0.05) is 12.5 Å². The second-order valence-electron chi connectivity index (χ2n) is 4.04. The summed E-state index contributed by atoms with van der Waals surface area (Å²) < 4.78 is 12.4. The summed E-state index contributed by atoms with van der Waals surface area (Å²) in [4.78, 5) is 12.2. The Morgan fingerprint density at radius 3 is 2.69 bits per heavy atom. The summed E-state index contributed by atoms with van der Waals surface area (Å²) in [5.74, 6) is 0.0487. The van der Waals surface area contributed by atoms with Gasteiger partial charge in [-0.05, 0) is 18.8 Å². The molecule has 74 valence electrons. The van der Waals surface area contributed by atoms with E-state index in [0.29, 0.717) is 12.5 Å². The molecule has 0 bridgehead atoms. The standard InChI is InChI=1S/C9H14FNO2/c10-3-7-4-11(5-12)8(9(7)13)6-1-2-6/h5-9,13H,1-4H2. The zero-order valence-electron chi connectivity index (χ0n) is 7.40. The molecule has 4 heteroatoms. The Balaban J connectivity index is 2.08. The molecular weight excluding hydrogens is 173 g/mol. The van der Waals surface area contributed by atoms with Gasteiger partial charge in [-0.15, -0.1) is 0 Å². The van der Waals surface area contributed by atoms with Crippen molar-refractivity contribution in [3.63, 3.8) is 0 Å². The fourth-order valence-corrected chi connectivity index (χ4v) is 2.22. The molecule has 1 saturated heterocycles. The maximum atomic E-state index is 12.4. The number of aliphatic hydroxyl groups is 1. The SMILES string of the molecule is O=CN1CC(CF)C(O)C1C1CC1. The zero-order valence-corrected chi connectivity index (χ0v) is 7.40. The average molecular weight is 187 g/mol. The number of rotatable bonds is 3. The van der Waals surface area contributed by atoms with Gasteiger partial charge in [0.2, 0.25) is 6.41 Å². The van der Waals surface area contributed by atoms with Crippen LogP contribution in [-0.4, -0.2) is 41.8 Å². The zero-order chi connectivity index (χ0) is 9.42. The van der Waals surface area contributed by atoms with Crippen molar-refractivity contribution in [1.29, 1.82) is 0 Å². The van der Waals surface area contributed by atoms with Crippen LogP contribution in [0.15, 0.2) is 0 Å². The van der Waals surface area contributed by atoms with Crippen LogP contribution in [0.3, 0.4) is 0 Å². The number of aliphatic hydroxyl groups excluding tert-OH is 1. The first-order valence-electron chi connectivity index (χ1n) is 4.73. The lowest BCUT2D eigenvalue weighted by Crippen LogP contribution is -2.36. The van der Waals surface area contributed by atoms with E-state index in [1.807, 2.05) is 0 Å². The molecule has 1 saturated carbocycles. The molecule has 1 amide bonds. The molecule has 1 heterocycles. The Labute approximate surface area is 76.5 Å². The van der Waals surface area contributed by atoms with Crippen molar-refractivity contribution in [1.82, 2.24) is 4.90 Å². The third-order valence-corrected chi connectivity index (χ3v) is 3.10. The normalized spacial score (nSPS) is 39.5. The predicted molar refractivity (Wildman–Crippen MR) is 44.8 cm³/mol. The summed E-state index contributed by atoms with van der Waals surface area (Å²) in [5.41, 5.74) is 0. The van der Waals surface area contributed by atoms with E-state index in [1.54, 1.807) is 4.90 Å². The van der Waals surface area contributed by atoms with E-state index in [-0.39, 0.29) is 12.0 Å². The average Bonchev–Trinajstić information content (AvgIpc) is 2.91. The molecule has 0 aromatic heterocycles. The van der Waals surface area contributed by atoms with Crippen molar-refractivity contribution in [2.75, 3.05) is 13.2 Å².